The number of nitrogens with zero attached hydrogens (tertiary/aromatic N) is 3. The maximum Gasteiger partial charge on any atom is 0.234 e. The molecular formula is C26H34N4O3S. The number of ether oxygens (including phenoxy) is 2. The summed E-state index contributed by atoms with van der Waals surface area (Å²) >= 11 is 1.36. The van der Waals surface area contributed by atoms with Gasteiger partial charge in [0.1, 0.15) is 11.5 Å². The van der Waals surface area contributed by atoms with Crippen LogP contribution in [0.2, 0.25) is 0 Å². The first-order valence-electron chi connectivity index (χ1n) is 11.6. The first-order valence-corrected chi connectivity index (χ1v) is 12.6. The minimum absolute atomic E-state index is 0.108. The molecule has 3 aromatic rings. The largest absolute Gasteiger partial charge is 0.494 e. The lowest BCUT2D eigenvalue weighted by atomic mass is 10.0. The summed E-state index contributed by atoms with van der Waals surface area (Å²) in [6.07, 6.45) is -0.285. The first-order chi connectivity index (χ1) is 16.3. The van der Waals surface area contributed by atoms with E-state index in [1.165, 1.54) is 17.3 Å². The average molecular weight is 483 g/mol. The fourth-order valence-electron chi connectivity index (χ4n) is 3.47. The molecule has 0 bridgehead atoms. The number of nitrogens with one attached hydrogen (secondary N) is 1. The van der Waals surface area contributed by atoms with Crippen LogP contribution in [-0.4, -0.2) is 33.0 Å². The van der Waals surface area contributed by atoms with Crippen molar-refractivity contribution < 1.29 is 14.3 Å². The van der Waals surface area contributed by atoms with Gasteiger partial charge >= 0.3 is 0 Å². The molecule has 7 nitrogen and oxygen atoms in total. The summed E-state index contributed by atoms with van der Waals surface area (Å²) in [5.41, 5.74) is 2.00. The second-order valence-electron chi connectivity index (χ2n) is 8.58. The van der Waals surface area contributed by atoms with Gasteiger partial charge in [0.25, 0.3) is 0 Å². The van der Waals surface area contributed by atoms with Crippen LogP contribution in [-0.2, 0) is 4.79 Å². The molecule has 1 unspecified atom stereocenters. The molecule has 1 N–H and O–H groups in total. The van der Waals surface area contributed by atoms with Gasteiger partial charge in [0.2, 0.25) is 5.91 Å². The lowest BCUT2D eigenvalue weighted by Gasteiger charge is -2.19. The number of anilines is 1. The lowest BCUT2D eigenvalue weighted by Crippen LogP contribution is -2.16. The van der Waals surface area contributed by atoms with Gasteiger partial charge in [0.05, 0.1) is 12.4 Å². The number of benzene rings is 2. The Balaban J connectivity index is 1.63. The Labute approximate surface area is 206 Å². The summed E-state index contributed by atoms with van der Waals surface area (Å²) in [5, 5.41) is 12.3. The zero-order valence-electron chi connectivity index (χ0n) is 20.7. The summed E-state index contributed by atoms with van der Waals surface area (Å²) in [6.45, 7) is 13.0. The number of rotatable bonds is 11. The average Bonchev–Trinajstić information content (AvgIpc) is 3.24. The highest BCUT2D eigenvalue weighted by Crippen LogP contribution is 2.28. The Morgan fingerprint density at radius 1 is 0.971 bits per heavy atom. The van der Waals surface area contributed by atoms with Crippen LogP contribution in [0.1, 0.15) is 71.0 Å². The van der Waals surface area contributed by atoms with Crippen molar-refractivity contribution in [1.29, 1.82) is 0 Å². The smallest absolute Gasteiger partial charge is 0.234 e. The van der Waals surface area contributed by atoms with Crippen LogP contribution in [0.5, 0.6) is 11.5 Å². The van der Waals surface area contributed by atoms with E-state index >= 15 is 0 Å². The highest BCUT2D eigenvalue weighted by atomic mass is 32.2. The fourth-order valence-corrected chi connectivity index (χ4v) is 4.34. The minimum atomic E-state index is -0.285. The molecule has 1 aromatic heterocycles. The Morgan fingerprint density at radius 3 is 2.21 bits per heavy atom. The number of aromatic nitrogens is 3. The maximum atomic E-state index is 12.5. The summed E-state index contributed by atoms with van der Waals surface area (Å²) < 4.78 is 13.6. The second-order valence-corrected chi connectivity index (χ2v) is 9.53. The molecule has 2 aromatic carbocycles. The standard InChI is InChI=1S/C26H34N4O3S/c1-7-32-22-14-10-21(11-15-22)27-24(31)16-34-26-29-28-25(30(26)18(4)5)19(6)33-23-12-8-20(9-13-23)17(2)3/h8-15,17-19H,7,16H2,1-6H3,(H,27,31). The molecule has 3 rings (SSSR count). The molecule has 1 atom stereocenters. The van der Waals surface area contributed by atoms with E-state index in [9.17, 15) is 4.79 Å². The van der Waals surface area contributed by atoms with Gasteiger partial charge in [-0.25, -0.2) is 0 Å². The van der Waals surface area contributed by atoms with Crippen LogP contribution in [0, 0.1) is 0 Å². The third kappa shape index (κ3) is 6.76. The zero-order chi connectivity index (χ0) is 24.7. The predicted molar refractivity (Wildman–Crippen MR) is 137 cm³/mol. The molecule has 0 fully saturated rings. The number of carbonyl (C=O) groups is 1. The van der Waals surface area contributed by atoms with E-state index < -0.39 is 0 Å². The van der Waals surface area contributed by atoms with Gasteiger partial charge in [-0.2, -0.15) is 0 Å². The molecule has 0 aliphatic carbocycles. The molecule has 0 aliphatic rings. The van der Waals surface area contributed by atoms with Crippen molar-refractivity contribution in [2.24, 2.45) is 0 Å². The Morgan fingerprint density at radius 2 is 1.62 bits per heavy atom. The van der Waals surface area contributed by atoms with Gasteiger partial charge in [-0.3, -0.25) is 4.79 Å². The highest BCUT2D eigenvalue weighted by Gasteiger charge is 2.22. The van der Waals surface area contributed by atoms with E-state index in [1.807, 2.05) is 54.8 Å². The second kappa shape index (κ2) is 11.9. The first kappa shape index (κ1) is 25.6. The molecule has 1 amide bonds. The number of hydrogen-bond donors (Lipinski definition) is 1. The van der Waals surface area contributed by atoms with Crippen LogP contribution >= 0.6 is 11.8 Å². The van der Waals surface area contributed by atoms with Crippen molar-refractivity contribution in [3.63, 3.8) is 0 Å². The number of amides is 1. The summed E-state index contributed by atoms with van der Waals surface area (Å²) in [4.78, 5) is 12.5. The molecule has 0 saturated carbocycles. The molecule has 34 heavy (non-hydrogen) atoms. The topological polar surface area (TPSA) is 78.3 Å². The highest BCUT2D eigenvalue weighted by molar-refractivity contribution is 7.99. The minimum Gasteiger partial charge on any atom is -0.494 e. The van der Waals surface area contributed by atoms with Crippen molar-refractivity contribution in [3.05, 3.63) is 59.9 Å². The monoisotopic (exact) mass is 482 g/mol. The third-order valence-corrected chi connectivity index (χ3v) is 6.16. The van der Waals surface area contributed by atoms with Gasteiger partial charge in [0.15, 0.2) is 17.1 Å². The Bertz CT molecular complexity index is 1060. The van der Waals surface area contributed by atoms with Crippen molar-refractivity contribution in [3.8, 4) is 11.5 Å². The molecular weight excluding hydrogens is 448 g/mol. The van der Waals surface area contributed by atoms with E-state index in [2.05, 4.69) is 55.3 Å². The Kier molecular flexibility index (Phi) is 8.98. The summed E-state index contributed by atoms with van der Waals surface area (Å²) in [5.74, 6) is 2.89. The van der Waals surface area contributed by atoms with Crippen LogP contribution < -0.4 is 14.8 Å². The van der Waals surface area contributed by atoms with Gasteiger partial charge in [-0.1, -0.05) is 37.7 Å². The maximum absolute atomic E-state index is 12.5. The summed E-state index contributed by atoms with van der Waals surface area (Å²) in [7, 11) is 0. The van der Waals surface area contributed by atoms with Gasteiger partial charge < -0.3 is 19.4 Å². The van der Waals surface area contributed by atoms with Crippen LogP contribution in [0.4, 0.5) is 5.69 Å². The lowest BCUT2D eigenvalue weighted by molar-refractivity contribution is -0.113. The van der Waals surface area contributed by atoms with Crippen LogP contribution in [0.15, 0.2) is 53.7 Å². The van der Waals surface area contributed by atoms with Crippen molar-refractivity contribution in [2.75, 3.05) is 17.7 Å². The molecule has 1 heterocycles. The van der Waals surface area contributed by atoms with Gasteiger partial charge in [0, 0.05) is 11.7 Å². The van der Waals surface area contributed by atoms with Crippen LogP contribution in [0.25, 0.3) is 0 Å². The zero-order valence-corrected chi connectivity index (χ0v) is 21.6. The summed E-state index contributed by atoms with van der Waals surface area (Å²) in [6, 6.07) is 15.6. The van der Waals surface area contributed by atoms with Crippen molar-refractivity contribution in [1.82, 2.24) is 14.8 Å². The molecule has 0 saturated heterocycles. The number of thioether (sulfide) groups is 1. The molecule has 8 heteroatoms. The molecule has 0 radical (unpaired) electrons. The van der Waals surface area contributed by atoms with E-state index in [0.29, 0.717) is 17.7 Å². The van der Waals surface area contributed by atoms with Gasteiger partial charge in [-0.05, 0) is 75.6 Å². The van der Waals surface area contributed by atoms with E-state index in [0.717, 1.165) is 23.0 Å². The van der Waals surface area contributed by atoms with E-state index in [-0.39, 0.29) is 23.8 Å². The fraction of sp³-hybridized carbons (Fsp3) is 0.423. The van der Waals surface area contributed by atoms with E-state index in [1.54, 1.807) is 0 Å². The van der Waals surface area contributed by atoms with Gasteiger partial charge in [-0.15, -0.1) is 10.2 Å². The van der Waals surface area contributed by atoms with Crippen LogP contribution in [0.3, 0.4) is 0 Å². The van der Waals surface area contributed by atoms with Crippen molar-refractivity contribution >= 4 is 23.4 Å². The normalized spacial score (nSPS) is 12.1. The van der Waals surface area contributed by atoms with Crippen molar-refractivity contribution in [2.45, 2.75) is 64.8 Å². The Hall–Kier alpha value is -3.00. The molecule has 0 spiro atoms. The third-order valence-electron chi connectivity index (χ3n) is 5.21. The molecule has 0 aliphatic heterocycles. The quantitative estimate of drug-likeness (QED) is 0.325. The van der Waals surface area contributed by atoms with E-state index in [4.69, 9.17) is 9.47 Å². The number of carbonyl (C=O) groups excluding carboxylic acids is 1. The number of hydrogen-bond acceptors (Lipinski definition) is 6. The molecule has 182 valence electrons. The SMILES string of the molecule is CCOc1ccc(NC(=O)CSc2nnc(C(C)Oc3ccc(C(C)C)cc3)n2C(C)C)cc1. The predicted octanol–water partition coefficient (Wildman–Crippen LogP) is 6.25.